The van der Waals surface area contributed by atoms with Crippen LogP contribution in [0.2, 0.25) is 5.02 Å². The molecule has 2 aromatic heterocycles. The predicted octanol–water partition coefficient (Wildman–Crippen LogP) is 3.79. The topological polar surface area (TPSA) is 119 Å². The molecule has 10 heteroatoms. The number of amides is 1. The number of aliphatic hydroxyl groups excluding tert-OH is 1. The molecule has 164 valence electrons. The molecule has 4 N–H and O–H groups in total. The van der Waals surface area contributed by atoms with E-state index in [1.807, 2.05) is 13.8 Å². The predicted molar refractivity (Wildman–Crippen MR) is 120 cm³/mol. The first-order chi connectivity index (χ1) is 15.1. The third kappa shape index (κ3) is 4.00. The summed E-state index contributed by atoms with van der Waals surface area (Å²) >= 11 is 5.81. The van der Waals surface area contributed by atoms with Gasteiger partial charge in [-0.3, -0.25) is 4.79 Å². The highest BCUT2D eigenvalue weighted by Gasteiger charge is 2.20. The quantitative estimate of drug-likeness (QED) is 0.431. The van der Waals surface area contributed by atoms with E-state index < -0.39 is 17.8 Å². The van der Waals surface area contributed by atoms with Gasteiger partial charge in [0.05, 0.1) is 11.4 Å². The van der Waals surface area contributed by atoms with Crippen molar-refractivity contribution in [3.8, 4) is 5.69 Å². The van der Waals surface area contributed by atoms with E-state index in [1.165, 1.54) is 6.07 Å². The summed E-state index contributed by atoms with van der Waals surface area (Å²) in [4.78, 5) is 21.1. The molecule has 0 aliphatic rings. The maximum absolute atomic E-state index is 13.5. The average molecular weight is 455 g/mol. The molecular formula is C22H20ClFN6O2. The molecule has 0 fully saturated rings. The number of aryl methyl sites for hydroxylation is 3. The summed E-state index contributed by atoms with van der Waals surface area (Å²) < 4.78 is 15.2. The van der Waals surface area contributed by atoms with E-state index in [0.29, 0.717) is 34.1 Å². The zero-order valence-electron chi connectivity index (χ0n) is 17.5. The molecule has 0 aliphatic carbocycles. The van der Waals surface area contributed by atoms with Crippen LogP contribution >= 0.6 is 11.6 Å². The lowest BCUT2D eigenvalue weighted by atomic mass is 10.1. The SMILES string of the molecule is Cc1nc(N)c2c(n1)c(C)nn2-c1ccc(NC(=O)[C@H](O)c2cc(F)cc(Cl)c2)cc1C. The summed E-state index contributed by atoms with van der Waals surface area (Å²) in [6.45, 7) is 5.46. The molecule has 0 bridgehead atoms. The van der Waals surface area contributed by atoms with Crippen LogP contribution in [0.1, 0.15) is 28.7 Å². The van der Waals surface area contributed by atoms with Crippen LogP contribution in [0.3, 0.4) is 0 Å². The van der Waals surface area contributed by atoms with Crippen molar-refractivity contribution < 1.29 is 14.3 Å². The Hall–Kier alpha value is -3.56. The number of aromatic nitrogens is 4. The van der Waals surface area contributed by atoms with Gasteiger partial charge in [-0.1, -0.05) is 11.6 Å². The largest absolute Gasteiger partial charge is 0.382 e. The second-order valence-corrected chi connectivity index (χ2v) is 7.88. The van der Waals surface area contributed by atoms with E-state index >= 15 is 0 Å². The Kier molecular flexibility index (Phi) is 5.53. The van der Waals surface area contributed by atoms with Gasteiger partial charge in [0.25, 0.3) is 5.91 Å². The molecule has 0 saturated heterocycles. The van der Waals surface area contributed by atoms with Crippen LogP contribution in [0.4, 0.5) is 15.9 Å². The number of hydrogen-bond donors (Lipinski definition) is 3. The van der Waals surface area contributed by atoms with E-state index in [9.17, 15) is 14.3 Å². The van der Waals surface area contributed by atoms with Crippen LogP contribution in [0.15, 0.2) is 36.4 Å². The van der Waals surface area contributed by atoms with E-state index in [4.69, 9.17) is 17.3 Å². The molecule has 2 aromatic carbocycles. The fourth-order valence-electron chi connectivity index (χ4n) is 3.54. The van der Waals surface area contributed by atoms with Crippen LogP contribution in [-0.4, -0.2) is 30.8 Å². The molecule has 0 aliphatic heterocycles. The Morgan fingerprint density at radius 1 is 1.19 bits per heavy atom. The third-order valence-corrected chi connectivity index (χ3v) is 5.19. The normalized spacial score (nSPS) is 12.2. The fraction of sp³-hybridized carbons (Fsp3) is 0.182. The van der Waals surface area contributed by atoms with Crippen LogP contribution in [0.5, 0.6) is 0 Å². The molecular weight excluding hydrogens is 435 g/mol. The number of anilines is 2. The number of nitrogens with zero attached hydrogens (tertiary/aromatic N) is 4. The summed E-state index contributed by atoms with van der Waals surface area (Å²) in [6, 6.07) is 8.65. The monoisotopic (exact) mass is 454 g/mol. The first kappa shape index (κ1) is 21.7. The van der Waals surface area contributed by atoms with Crippen molar-refractivity contribution >= 4 is 40.0 Å². The van der Waals surface area contributed by atoms with E-state index in [2.05, 4.69) is 20.4 Å². The van der Waals surface area contributed by atoms with Crippen molar-refractivity contribution in [2.75, 3.05) is 11.1 Å². The van der Waals surface area contributed by atoms with Crippen molar-refractivity contribution in [1.82, 2.24) is 19.7 Å². The third-order valence-electron chi connectivity index (χ3n) is 4.97. The lowest BCUT2D eigenvalue weighted by Gasteiger charge is -2.14. The number of benzene rings is 2. The molecule has 8 nitrogen and oxygen atoms in total. The molecule has 32 heavy (non-hydrogen) atoms. The van der Waals surface area contributed by atoms with Gasteiger partial charge in [0.15, 0.2) is 11.9 Å². The number of hydrogen-bond acceptors (Lipinski definition) is 6. The first-order valence-corrected chi connectivity index (χ1v) is 10.1. The molecule has 0 unspecified atom stereocenters. The molecule has 0 saturated carbocycles. The number of carbonyl (C=O) groups excluding carboxylic acids is 1. The summed E-state index contributed by atoms with van der Waals surface area (Å²) in [7, 11) is 0. The van der Waals surface area contributed by atoms with Gasteiger partial charge >= 0.3 is 0 Å². The van der Waals surface area contributed by atoms with Crippen LogP contribution in [-0.2, 0) is 4.79 Å². The van der Waals surface area contributed by atoms with Gasteiger partial charge in [0.1, 0.15) is 22.7 Å². The average Bonchev–Trinajstić information content (AvgIpc) is 3.03. The number of rotatable bonds is 4. The number of carbonyl (C=O) groups is 1. The highest BCUT2D eigenvalue weighted by molar-refractivity contribution is 6.30. The number of fused-ring (bicyclic) bond motifs is 1. The summed E-state index contributed by atoms with van der Waals surface area (Å²) in [6.07, 6.45) is -1.58. The van der Waals surface area contributed by atoms with Crippen LogP contribution in [0.25, 0.3) is 16.7 Å². The number of aliphatic hydroxyl groups is 1. The second-order valence-electron chi connectivity index (χ2n) is 7.45. The zero-order valence-corrected chi connectivity index (χ0v) is 18.3. The Balaban J connectivity index is 1.63. The minimum atomic E-state index is -1.58. The summed E-state index contributed by atoms with van der Waals surface area (Å²) in [5, 5.41) is 17.6. The van der Waals surface area contributed by atoms with Gasteiger partial charge in [0.2, 0.25) is 0 Å². The Morgan fingerprint density at radius 3 is 2.62 bits per heavy atom. The number of nitrogens with one attached hydrogen (secondary N) is 1. The fourth-order valence-corrected chi connectivity index (χ4v) is 3.77. The summed E-state index contributed by atoms with van der Waals surface area (Å²) in [5.41, 5.74) is 10.2. The minimum absolute atomic E-state index is 0.0603. The maximum atomic E-state index is 13.5. The molecule has 0 radical (unpaired) electrons. The van der Waals surface area contributed by atoms with Crippen molar-refractivity contribution in [2.24, 2.45) is 0 Å². The molecule has 4 rings (SSSR count). The zero-order chi connectivity index (χ0) is 23.2. The lowest BCUT2D eigenvalue weighted by Crippen LogP contribution is -2.21. The van der Waals surface area contributed by atoms with Gasteiger partial charge in [-0.2, -0.15) is 5.10 Å². The number of nitrogen functional groups attached to an aromatic ring is 1. The van der Waals surface area contributed by atoms with Crippen LogP contribution < -0.4 is 11.1 Å². The van der Waals surface area contributed by atoms with Crippen LogP contribution in [0, 0.1) is 26.6 Å². The van der Waals surface area contributed by atoms with E-state index in [0.717, 1.165) is 23.4 Å². The molecule has 2 heterocycles. The molecule has 1 amide bonds. The van der Waals surface area contributed by atoms with Gasteiger partial charge < -0.3 is 16.2 Å². The Morgan fingerprint density at radius 2 is 1.94 bits per heavy atom. The Bertz CT molecular complexity index is 1350. The molecule has 1 atom stereocenters. The lowest BCUT2D eigenvalue weighted by molar-refractivity contribution is -0.124. The second kappa shape index (κ2) is 8.18. The highest BCUT2D eigenvalue weighted by Crippen LogP contribution is 2.28. The van der Waals surface area contributed by atoms with Gasteiger partial charge in [0, 0.05) is 10.7 Å². The van der Waals surface area contributed by atoms with Gasteiger partial charge in [-0.15, -0.1) is 0 Å². The number of halogens is 2. The van der Waals surface area contributed by atoms with Crippen molar-refractivity contribution in [1.29, 1.82) is 0 Å². The van der Waals surface area contributed by atoms with Gasteiger partial charge in [-0.25, -0.2) is 19.0 Å². The molecule has 4 aromatic rings. The smallest absolute Gasteiger partial charge is 0.257 e. The highest BCUT2D eigenvalue weighted by atomic mass is 35.5. The van der Waals surface area contributed by atoms with Gasteiger partial charge in [-0.05, 0) is 68.3 Å². The molecule has 0 spiro atoms. The van der Waals surface area contributed by atoms with Crippen molar-refractivity contribution in [3.63, 3.8) is 0 Å². The maximum Gasteiger partial charge on any atom is 0.257 e. The van der Waals surface area contributed by atoms with Crippen molar-refractivity contribution in [2.45, 2.75) is 26.9 Å². The van der Waals surface area contributed by atoms with E-state index in [1.54, 1.807) is 29.8 Å². The standard InChI is InChI=1S/C22H20ClFN6O2/c1-10-6-16(28-22(32)20(31)13-7-14(23)9-15(24)8-13)4-5-17(10)30-19-18(11(2)29-30)26-12(3)27-21(19)25/h4-9,20,31H,1-3H3,(H,28,32)(H2,25,26,27)/t20-/m1/s1. The van der Waals surface area contributed by atoms with Crippen molar-refractivity contribution in [3.05, 3.63) is 69.9 Å². The van der Waals surface area contributed by atoms with E-state index in [-0.39, 0.29) is 10.6 Å². The number of nitrogens with two attached hydrogens (primary N) is 1. The first-order valence-electron chi connectivity index (χ1n) is 9.69. The minimum Gasteiger partial charge on any atom is -0.382 e. The summed E-state index contributed by atoms with van der Waals surface area (Å²) in [5.74, 6) is -0.473. The Labute approximate surface area is 187 Å².